The molecule has 0 bridgehead atoms. The van der Waals surface area contributed by atoms with E-state index in [9.17, 15) is 9.90 Å². The molecule has 0 spiro atoms. The summed E-state index contributed by atoms with van der Waals surface area (Å²) in [5.74, 6) is -0.762. The number of carbonyl (C=O) groups is 1. The molecule has 0 heterocycles. The van der Waals surface area contributed by atoms with E-state index in [0.29, 0.717) is 11.1 Å². The molecule has 8 radical (unpaired) electrons. The Labute approximate surface area is 164 Å². The molecule has 2 N–H and O–H groups in total. The first kappa shape index (κ1) is 19.4. The molecule has 3 aromatic rings. The van der Waals surface area contributed by atoms with Crippen molar-refractivity contribution in [3.8, 4) is 0 Å². The highest BCUT2D eigenvalue weighted by Crippen LogP contribution is 2.39. The summed E-state index contributed by atoms with van der Waals surface area (Å²) in [5, 5.41) is 12.6. The first-order chi connectivity index (χ1) is 12.7. The fraction of sp³-hybridized carbons (Fsp3) is 0.150. The van der Waals surface area contributed by atoms with E-state index in [2.05, 4.69) is 5.32 Å². The van der Waals surface area contributed by atoms with Gasteiger partial charge in [0.1, 0.15) is 7.85 Å². The summed E-state index contributed by atoms with van der Waals surface area (Å²) in [6, 6.07) is 21.2. The lowest BCUT2D eigenvalue weighted by Gasteiger charge is -2.46. The molecule has 1 amide bonds. The van der Waals surface area contributed by atoms with E-state index < -0.39 is 22.6 Å². The standard InChI is InChI=1S/C20H15B4NO2/c21-19(20(22,23)24,16-12-6-10-13-7-4-5-11-15(13)16)25-18(27)17(26)14-8-2-1-3-9-14/h1-12,17,26H,(H,25,27). The van der Waals surface area contributed by atoms with E-state index in [1.165, 1.54) is 0 Å². The van der Waals surface area contributed by atoms with Gasteiger partial charge in [0.25, 0.3) is 5.91 Å². The zero-order valence-electron chi connectivity index (χ0n) is 14.7. The van der Waals surface area contributed by atoms with Crippen LogP contribution in [0.3, 0.4) is 0 Å². The van der Waals surface area contributed by atoms with Gasteiger partial charge in [-0.05, 0) is 21.9 Å². The molecule has 0 saturated heterocycles. The number of aliphatic hydroxyl groups is 1. The average Bonchev–Trinajstić information content (AvgIpc) is 2.66. The van der Waals surface area contributed by atoms with Crippen LogP contribution < -0.4 is 5.32 Å². The molecule has 3 aromatic carbocycles. The molecule has 3 rings (SSSR count). The van der Waals surface area contributed by atoms with E-state index in [-0.39, 0.29) is 0 Å². The quantitative estimate of drug-likeness (QED) is 0.691. The Morgan fingerprint density at radius 3 is 2.11 bits per heavy atom. The molecule has 2 unspecified atom stereocenters. The normalized spacial score (nSPS) is 15.0. The molecule has 0 aliphatic carbocycles. The summed E-state index contributed by atoms with van der Waals surface area (Å²) in [5.41, 5.74) is -0.977. The molecular weight excluding hydrogens is 329 g/mol. The lowest BCUT2D eigenvalue weighted by molar-refractivity contribution is -0.130. The number of benzene rings is 3. The third-order valence-electron chi connectivity index (χ3n) is 4.58. The lowest BCUT2D eigenvalue weighted by atomic mass is 9.30. The lowest BCUT2D eigenvalue weighted by Crippen LogP contribution is -2.57. The summed E-state index contributed by atoms with van der Waals surface area (Å²) >= 11 is 0. The van der Waals surface area contributed by atoms with Crippen molar-refractivity contribution in [2.75, 3.05) is 0 Å². The maximum absolute atomic E-state index is 12.7. The number of rotatable bonds is 5. The van der Waals surface area contributed by atoms with Gasteiger partial charge in [-0.3, -0.25) is 4.79 Å². The van der Waals surface area contributed by atoms with Crippen molar-refractivity contribution < 1.29 is 9.90 Å². The highest BCUT2D eigenvalue weighted by atomic mass is 16.3. The van der Waals surface area contributed by atoms with Crippen molar-refractivity contribution in [1.82, 2.24) is 5.32 Å². The van der Waals surface area contributed by atoms with Crippen LogP contribution in [0.2, 0.25) is 5.11 Å². The van der Waals surface area contributed by atoms with Gasteiger partial charge in [0.2, 0.25) is 0 Å². The maximum Gasteiger partial charge on any atom is 0.253 e. The molecule has 0 saturated carbocycles. The molecular formula is C20H15B4NO2. The second kappa shape index (κ2) is 7.32. The van der Waals surface area contributed by atoms with Gasteiger partial charge in [0, 0.05) is 5.44 Å². The van der Waals surface area contributed by atoms with Gasteiger partial charge in [0.05, 0.1) is 23.5 Å². The molecule has 0 fully saturated rings. The van der Waals surface area contributed by atoms with Gasteiger partial charge < -0.3 is 10.4 Å². The Morgan fingerprint density at radius 1 is 0.852 bits per heavy atom. The van der Waals surface area contributed by atoms with E-state index in [1.807, 2.05) is 30.3 Å². The first-order valence-corrected chi connectivity index (χ1v) is 8.43. The van der Waals surface area contributed by atoms with Crippen molar-refractivity contribution in [1.29, 1.82) is 0 Å². The first-order valence-electron chi connectivity index (χ1n) is 8.43. The predicted molar refractivity (Wildman–Crippen MR) is 111 cm³/mol. The molecule has 0 aromatic heterocycles. The topological polar surface area (TPSA) is 49.3 Å². The highest BCUT2D eigenvalue weighted by Gasteiger charge is 2.40. The largest absolute Gasteiger partial charge is 0.378 e. The maximum atomic E-state index is 12.7. The minimum Gasteiger partial charge on any atom is -0.378 e. The van der Waals surface area contributed by atoms with E-state index in [1.54, 1.807) is 42.5 Å². The van der Waals surface area contributed by atoms with Gasteiger partial charge in [-0.25, -0.2) is 0 Å². The predicted octanol–water partition coefficient (Wildman–Crippen LogP) is 1.59. The van der Waals surface area contributed by atoms with Crippen LogP contribution in [0.5, 0.6) is 0 Å². The molecule has 27 heavy (non-hydrogen) atoms. The Morgan fingerprint density at radius 2 is 1.44 bits per heavy atom. The van der Waals surface area contributed by atoms with Crippen LogP contribution in [0.1, 0.15) is 17.2 Å². The van der Waals surface area contributed by atoms with Crippen LogP contribution in [0.25, 0.3) is 10.8 Å². The third kappa shape index (κ3) is 3.70. The monoisotopic (exact) mass is 345 g/mol. The van der Waals surface area contributed by atoms with Gasteiger partial charge >= 0.3 is 0 Å². The zero-order valence-corrected chi connectivity index (χ0v) is 14.7. The molecule has 0 aliphatic rings. The number of hydrogen-bond acceptors (Lipinski definition) is 2. The Bertz CT molecular complexity index is 954. The van der Waals surface area contributed by atoms with Crippen molar-refractivity contribution in [2.24, 2.45) is 0 Å². The van der Waals surface area contributed by atoms with Gasteiger partial charge in [-0.2, -0.15) is 0 Å². The van der Waals surface area contributed by atoms with E-state index in [0.717, 1.165) is 10.8 Å². The van der Waals surface area contributed by atoms with Crippen LogP contribution in [0.4, 0.5) is 0 Å². The summed E-state index contributed by atoms with van der Waals surface area (Å²) < 4.78 is 0. The zero-order chi connectivity index (χ0) is 19.7. The minimum atomic E-state index is -2.00. The number of nitrogens with one attached hydrogen (secondary N) is 1. The van der Waals surface area contributed by atoms with Crippen molar-refractivity contribution >= 4 is 48.1 Å². The number of carbonyl (C=O) groups excluding carboxylic acids is 1. The molecule has 7 heteroatoms. The minimum absolute atomic E-state index is 0.409. The third-order valence-corrected chi connectivity index (χ3v) is 4.58. The summed E-state index contributed by atoms with van der Waals surface area (Å²) in [6.07, 6.45) is -1.45. The summed E-state index contributed by atoms with van der Waals surface area (Å²) in [7, 11) is 24.3. The Hall–Kier alpha value is -2.39. The van der Waals surface area contributed by atoms with Crippen LogP contribution in [0.15, 0.2) is 72.8 Å². The van der Waals surface area contributed by atoms with Gasteiger partial charge in [-0.1, -0.05) is 72.8 Å². The SMILES string of the molecule is [B]C([B])([B])C([B])(NC(=O)C(O)c1ccccc1)c1cccc2ccccc12. The van der Waals surface area contributed by atoms with Crippen molar-refractivity contribution in [3.05, 3.63) is 83.9 Å². The van der Waals surface area contributed by atoms with Gasteiger partial charge in [-0.15, -0.1) is 5.11 Å². The number of hydrogen-bond donors (Lipinski definition) is 2. The number of amides is 1. The smallest absolute Gasteiger partial charge is 0.253 e. The Balaban J connectivity index is 2.05. The molecule has 124 valence electrons. The summed E-state index contributed by atoms with van der Waals surface area (Å²) in [6.45, 7) is 0. The average molecular weight is 345 g/mol. The van der Waals surface area contributed by atoms with Crippen molar-refractivity contribution in [2.45, 2.75) is 16.7 Å². The second-order valence-electron chi connectivity index (χ2n) is 6.57. The van der Waals surface area contributed by atoms with Crippen molar-refractivity contribution in [3.63, 3.8) is 0 Å². The van der Waals surface area contributed by atoms with Crippen LogP contribution >= 0.6 is 0 Å². The van der Waals surface area contributed by atoms with Crippen LogP contribution in [0, 0.1) is 0 Å². The fourth-order valence-corrected chi connectivity index (χ4v) is 3.03. The highest BCUT2D eigenvalue weighted by molar-refractivity contribution is 6.62. The number of aliphatic hydroxyl groups excluding tert-OH is 1. The fourth-order valence-electron chi connectivity index (χ4n) is 3.03. The molecule has 3 nitrogen and oxygen atoms in total. The second-order valence-corrected chi connectivity index (χ2v) is 6.57. The summed E-state index contributed by atoms with van der Waals surface area (Å²) in [4.78, 5) is 12.7. The van der Waals surface area contributed by atoms with E-state index in [4.69, 9.17) is 31.4 Å². The molecule has 2 atom stereocenters. The number of fused-ring (bicyclic) bond motifs is 1. The van der Waals surface area contributed by atoms with Crippen LogP contribution in [-0.4, -0.2) is 42.4 Å². The molecule has 0 aliphatic heterocycles. The van der Waals surface area contributed by atoms with Crippen LogP contribution in [-0.2, 0) is 10.2 Å². The van der Waals surface area contributed by atoms with E-state index >= 15 is 0 Å². The Kier molecular flexibility index (Phi) is 5.25. The van der Waals surface area contributed by atoms with Gasteiger partial charge in [0.15, 0.2) is 6.10 Å².